The number of tetrazole rings is 2. The SMILES string of the molecule is CCOP(=O)(OCC)OC(c1ccc(N2CCN(c3ccc(-c4ccc(C(F)(F)[C@](O)(Cn5cnnn5)c5ccc(F)cc5F)nc4)cc3)CC2)cn1)C(F)(F)F.C[Si](C)(C)Br.ClCCl.O=P(O)(O)OC(c1ccc(N2CCN(c3ccc(-c4ccc(C(F)(F)[C@](O)(Cn5cnnn5)c5ccc(F)cc5F)nc4)cc3)CC2)cn1)C(F)(F)F. The van der Waals surface area contributed by atoms with E-state index in [4.69, 9.17) is 46.6 Å². The van der Waals surface area contributed by atoms with E-state index in [1.54, 1.807) is 24.3 Å². The van der Waals surface area contributed by atoms with E-state index >= 15 is 17.6 Å². The quantitative estimate of drug-likeness (QED) is 0.0129. The molecule has 2 aliphatic heterocycles. The zero-order valence-electron chi connectivity index (χ0n) is 62.7. The Morgan fingerprint density at radius 1 is 0.475 bits per heavy atom. The van der Waals surface area contributed by atoms with E-state index < -0.39 is 140 Å². The third kappa shape index (κ3) is 23.9. The number of phosphoric acid groups is 2. The molecule has 12 rings (SSSR count). The Kier molecular flexibility index (Phi) is 30.9. The lowest BCUT2D eigenvalue weighted by atomic mass is 9.84. The second-order valence-corrected chi connectivity index (χ2v) is 41.8. The maximum absolute atomic E-state index is 16.2. The Morgan fingerprint density at radius 2 is 0.797 bits per heavy atom. The van der Waals surface area contributed by atoms with Crippen molar-refractivity contribution in [3.05, 3.63) is 228 Å². The summed E-state index contributed by atoms with van der Waals surface area (Å²) in [6.07, 6.45) is -8.86. The van der Waals surface area contributed by atoms with Gasteiger partial charge >= 0.3 is 39.8 Å². The van der Waals surface area contributed by atoms with E-state index in [9.17, 15) is 63.2 Å². The van der Waals surface area contributed by atoms with Gasteiger partial charge in [0, 0.05) is 111 Å². The van der Waals surface area contributed by atoms with Crippen molar-refractivity contribution in [1.29, 1.82) is 0 Å². The predicted molar refractivity (Wildman–Crippen MR) is 412 cm³/mol. The van der Waals surface area contributed by atoms with Crippen LogP contribution in [-0.4, -0.2) is 170 Å². The molecule has 8 heterocycles. The third-order valence-electron chi connectivity index (χ3n) is 17.7. The fraction of sp³-hybridized carbons (Fsp3) is 0.361. The van der Waals surface area contributed by atoms with Crippen LogP contribution in [-0.2, 0) is 63.4 Å². The van der Waals surface area contributed by atoms with Crippen molar-refractivity contribution in [2.24, 2.45) is 0 Å². The molecule has 0 radical (unpaired) electrons. The van der Waals surface area contributed by atoms with Gasteiger partial charge in [-0.15, -0.1) is 48.7 Å². The minimum absolute atomic E-state index is 0.190. The number of benzene rings is 4. The fourth-order valence-corrected chi connectivity index (χ4v) is 14.0. The molecule has 636 valence electrons. The van der Waals surface area contributed by atoms with Crippen molar-refractivity contribution < 1.29 is 109 Å². The van der Waals surface area contributed by atoms with Gasteiger partial charge in [-0.1, -0.05) is 56.0 Å². The Balaban J connectivity index is 0.000000247. The molecule has 2 fully saturated rings. The number of aliphatic hydroxyl groups is 2. The average molecular weight is 1830 g/mol. The van der Waals surface area contributed by atoms with Crippen molar-refractivity contribution in [3.63, 3.8) is 0 Å². The summed E-state index contributed by atoms with van der Waals surface area (Å²) < 4.78 is 247. The maximum Gasteiger partial charge on any atom is 0.475 e. The molecule has 0 aliphatic carbocycles. The monoisotopic (exact) mass is 1830 g/mol. The van der Waals surface area contributed by atoms with E-state index in [1.165, 1.54) is 62.9 Å². The second-order valence-electron chi connectivity index (χ2n) is 26.9. The maximum atomic E-state index is 16.2. The largest absolute Gasteiger partial charge is 0.475 e. The van der Waals surface area contributed by atoms with Gasteiger partial charge in [0.05, 0.1) is 66.8 Å². The number of hydrogen-bond acceptors (Lipinski definition) is 22. The van der Waals surface area contributed by atoms with Gasteiger partial charge < -0.3 is 39.6 Å². The zero-order chi connectivity index (χ0) is 86.4. The number of aromatic nitrogens is 12. The van der Waals surface area contributed by atoms with E-state index in [1.807, 2.05) is 34.1 Å². The van der Waals surface area contributed by atoms with Crippen LogP contribution in [0.5, 0.6) is 0 Å². The van der Waals surface area contributed by atoms with Crippen LogP contribution >= 0.6 is 54.1 Å². The fourth-order valence-electron chi connectivity index (χ4n) is 12.2. The number of phosphoric ester groups is 2. The lowest BCUT2D eigenvalue weighted by Crippen LogP contribution is -2.48. The third-order valence-corrected chi connectivity index (χ3v) is 19.8. The predicted octanol–water partition coefficient (Wildman–Crippen LogP) is 16.0. The van der Waals surface area contributed by atoms with Gasteiger partial charge in [0.15, 0.2) is 11.2 Å². The Hall–Kier alpha value is -8.74. The van der Waals surface area contributed by atoms with Crippen LogP contribution in [0.15, 0.2) is 171 Å². The molecule has 6 aromatic heterocycles. The molecule has 0 saturated carbocycles. The second kappa shape index (κ2) is 39.2. The molecule has 0 spiro atoms. The van der Waals surface area contributed by atoms with Gasteiger partial charge in [0.25, 0.3) is 0 Å². The topological polar surface area (TPSA) is 304 Å². The number of rotatable bonds is 26. The normalized spacial score (nSPS) is 15.5. The summed E-state index contributed by atoms with van der Waals surface area (Å²) in [7, 11) is -9.96. The van der Waals surface area contributed by atoms with Crippen molar-refractivity contribution in [1.82, 2.24) is 60.4 Å². The molecular weight excluding hydrogens is 1760 g/mol. The Bertz CT molecular complexity index is 4960. The number of piperazine rings is 2. The van der Waals surface area contributed by atoms with Crippen LogP contribution in [0.4, 0.5) is 84.2 Å². The molecule has 26 nitrogen and oxygen atoms in total. The van der Waals surface area contributed by atoms with Crippen LogP contribution in [0.25, 0.3) is 22.3 Å². The van der Waals surface area contributed by atoms with Crippen molar-refractivity contribution in [2.75, 3.05) is 90.5 Å². The van der Waals surface area contributed by atoms with Crippen LogP contribution in [0, 0.1) is 23.3 Å². The molecule has 118 heavy (non-hydrogen) atoms. The number of hydrogen-bond donors (Lipinski definition) is 4. The Morgan fingerprint density at radius 3 is 1.07 bits per heavy atom. The van der Waals surface area contributed by atoms with Crippen LogP contribution in [0.3, 0.4) is 0 Å². The number of nitrogens with zero attached hydrogens (tertiary/aromatic N) is 16. The van der Waals surface area contributed by atoms with Crippen molar-refractivity contribution in [3.8, 4) is 22.3 Å². The average Bonchev–Trinajstić information content (AvgIpc) is 1.09. The summed E-state index contributed by atoms with van der Waals surface area (Å²) in [5.41, 5.74) is -6.37. The highest BCUT2D eigenvalue weighted by atomic mass is 79.9. The molecular formula is C72H75BrCl2F14N16O10P2Si. The van der Waals surface area contributed by atoms with E-state index in [0.717, 1.165) is 81.9 Å². The standard InChI is InChI=1S/C36H36F7N8O5P.C32H28F7N8O5P.C3H9BrSi.CH2Cl2/c1-3-54-57(53,55-4-2)56-33(36(41,42)43)31-13-11-28(21-44-31)50-17-15-49(16-18-50)27-9-5-24(6-10-27)25-7-14-32(45-20-25)35(39,40)34(52,22-51-23-46-47-48-51)29-12-8-26(37)19-30(29)38;33-22-4-8-25(26(34)15-22)30(48,18-47-19-42-43-44-47)31(35,36)28-10-3-21(16-41-28)20-1-5-23(6-2-20)45-11-13-46(14-12-45)24-7-9-27(40-17-24)29(32(37,38)39)52-53(49,50)51;1-5(2,3)4;2-1-3/h5-14,19-21,23,33,52H,3-4,15-18,22H2,1-2H3;1-10,15-17,19,29,48H,11-14,18H2,(H2,49,50,51);1-3H3;1H2/t33?,34-;29?,30-;;/m00../s1. The first kappa shape index (κ1) is 93.1. The molecule has 2 aliphatic rings. The molecule has 46 heteroatoms. The molecule has 4 N–H and O–H groups in total. The van der Waals surface area contributed by atoms with Gasteiger partial charge in [-0.2, -0.15) is 43.9 Å². The van der Waals surface area contributed by atoms with Gasteiger partial charge in [-0.3, -0.25) is 38.0 Å². The van der Waals surface area contributed by atoms with E-state index in [2.05, 4.69) is 100 Å². The first-order valence-electron chi connectivity index (χ1n) is 35.3. The molecule has 10 aromatic rings. The zero-order valence-corrected chi connectivity index (χ0v) is 68.6. The van der Waals surface area contributed by atoms with E-state index in [0.29, 0.717) is 98.1 Å². The Labute approximate surface area is 684 Å². The summed E-state index contributed by atoms with van der Waals surface area (Å²) >= 11 is 13.0. The molecule has 2 unspecified atom stereocenters. The highest BCUT2D eigenvalue weighted by Crippen LogP contribution is 2.57. The number of anilines is 4. The summed E-state index contributed by atoms with van der Waals surface area (Å²) in [4.78, 5) is 41.3. The highest BCUT2D eigenvalue weighted by Gasteiger charge is 2.60. The summed E-state index contributed by atoms with van der Waals surface area (Å²) in [5.74, 6) is -13.3. The van der Waals surface area contributed by atoms with Crippen LogP contribution < -0.4 is 19.6 Å². The van der Waals surface area contributed by atoms with Gasteiger partial charge in [0.1, 0.15) is 54.0 Å². The van der Waals surface area contributed by atoms with E-state index in [-0.39, 0.29) is 18.6 Å². The smallest absolute Gasteiger partial charge is 0.377 e. The van der Waals surface area contributed by atoms with Crippen LogP contribution in [0.2, 0.25) is 19.6 Å². The molecule has 2 saturated heterocycles. The molecule has 0 bridgehead atoms. The highest BCUT2D eigenvalue weighted by molar-refractivity contribution is 9.26. The van der Waals surface area contributed by atoms with Crippen molar-refractivity contribution in [2.45, 2.75) is 94.2 Å². The number of pyridine rings is 4. The lowest BCUT2D eigenvalue weighted by Gasteiger charge is -2.37. The first-order chi connectivity index (χ1) is 55.4. The number of halogens is 17. The lowest BCUT2D eigenvalue weighted by molar-refractivity contribution is -0.207. The summed E-state index contributed by atoms with van der Waals surface area (Å²) in [6, 6.07) is 27.8. The molecule has 4 aromatic carbocycles. The first-order valence-corrected chi connectivity index (χ1v) is 45.1. The minimum atomic E-state index is -5.45. The van der Waals surface area contributed by atoms with Crippen molar-refractivity contribution >= 4 is 83.6 Å². The minimum Gasteiger partial charge on any atom is -0.377 e. The number of alkyl halides is 12. The van der Waals surface area contributed by atoms with Gasteiger partial charge in [-0.25, -0.2) is 36.1 Å². The van der Waals surface area contributed by atoms with Gasteiger partial charge in [-0.05, 0) is 131 Å². The molecule has 4 atom stereocenters. The van der Waals surface area contributed by atoms with Gasteiger partial charge in [0.2, 0.25) is 12.2 Å². The van der Waals surface area contributed by atoms with Crippen LogP contribution in [0.1, 0.15) is 60.0 Å². The summed E-state index contributed by atoms with van der Waals surface area (Å²) in [5, 5.41) is 43.5. The summed E-state index contributed by atoms with van der Waals surface area (Å²) in [6.45, 7) is 10.5. The molecule has 0 amide bonds.